The minimum absolute atomic E-state index is 0.119. The third-order valence-electron chi connectivity index (χ3n) is 5.06. The number of halogens is 1. The Kier molecular flexibility index (Phi) is 7.12. The van der Waals surface area contributed by atoms with Crippen LogP contribution in [-0.2, 0) is 0 Å². The number of piperazine rings is 1. The lowest BCUT2D eigenvalue weighted by molar-refractivity contribution is 0.254. The number of guanidine groups is 1. The molecule has 0 bridgehead atoms. The molecule has 144 valence electrons. The second-order valence-corrected chi connectivity index (χ2v) is 7.22. The first kappa shape index (κ1) is 19.0. The van der Waals surface area contributed by atoms with Crippen LogP contribution in [0.25, 0.3) is 0 Å². The topological polar surface area (TPSA) is 42.9 Å². The minimum atomic E-state index is -0.119. The van der Waals surface area contributed by atoms with Gasteiger partial charge in [-0.2, -0.15) is 0 Å². The van der Waals surface area contributed by atoms with Crippen LogP contribution in [0.4, 0.5) is 10.1 Å². The van der Waals surface area contributed by atoms with Gasteiger partial charge in [0.05, 0.1) is 5.69 Å². The van der Waals surface area contributed by atoms with Gasteiger partial charge in [-0.05, 0) is 50.8 Å². The van der Waals surface area contributed by atoms with Crippen molar-refractivity contribution in [3.05, 3.63) is 30.1 Å². The van der Waals surface area contributed by atoms with Gasteiger partial charge in [-0.3, -0.25) is 9.89 Å². The number of hydrogen-bond donors (Lipinski definition) is 2. The highest BCUT2D eigenvalue weighted by molar-refractivity contribution is 5.79. The van der Waals surface area contributed by atoms with E-state index in [1.54, 1.807) is 12.1 Å². The zero-order valence-corrected chi connectivity index (χ0v) is 15.9. The first-order valence-corrected chi connectivity index (χ1v) is 10.00. The molecule has 2 aliphatic rings. The molecule has 0 radical (unpaired) electrons. The predicted octanol–water partition coefficient (Wildman–Crippen LogP) is 2.30. The summed E-state index contributed by atoms with van der Waals surface area (Å²) < 4.78 is 13.9. The van der Waals surface area contributed by atoms with Crippen molar-refractivity contribution in [2.45, 2.75) is 26.2 Å². The summed E-state index contributed by atoms with van der Waals surface area (Å²) in [5, 5.41) is 6.75. The molecule has 26 heavy (non-hydrogen) atoms. The summed E-state index contributed by atoms with van der Waals surface area (Å²) >= 11 is 0. The van der Waals surface area contributed by atoms with Gasteiger partial charge in [0.2, 0.25) is 0 Å². The van der Waals surface area contributed by atoms with Crippen molar-refractivity contribution in [1.29, 1.82) is 0 Å². The van der Waals surface area contributed by atoms with Crippen LogP contribution >= 0.6 is 0 Å². The zero-order chi connectivity index (χ0) is 18.2. The molecule has 0 atom stereocenters. The van der Waals surface area contributed by atoms with E-state index in [1.807, 2.05) is 12.1 Å². The highest BCUT2D eigenvalue weighted by Gasteiger charge is 2.21. The normalized spacial score (nSPS) is 18.8. The Morgan fingerprint density at radius 3 is 2.62 bits per heavy atom. The molecule has 0 amide bonds. The van der Waals surface area contributed by atoms with Crippen LogP contribution < -0.4 is 15.5 Å². The lowest BCUT2D eigenvalue weighted by Crippen LogP contribution is -2.47. The smallest absolute Gasteiger partial charge is 0.191 e. The number of benzene rings is 1. The van der Waals surface area contributed by atoms with E-state index < -0.39 is 0 Å². The van der Waals surface area contributed by atoms with E-state index >= 15 is 0 Å². The van der Waals surface area contributed by atoms with Crippen LogP contribution in [-0.4, -0.2) is 63.2 Å². The third-order valence-corrected chi connectivity index (χ3v) is 5.06. The molecule has 1 aromatic rings. The third kappa shape index (κ3) is 5.87. The maximum atomic E-state index is 13.9. The van der Waals surface area contributed by atoms with Gasteiger partial charge in [0.1, 0.15) is 5.82 Å². The molecule has 6 heteroatoms. The monoisotopic (exact) mass is 361 g/mol. The van der Waals surface area contributed by atoms with Gasteiger partial charge >= 0.3 is 0 Å². The van der Waals surface area contributed by atoms with E-state index in [1.165, 1.54) is 12.8 Å². The first-order valence-electron chi connectivity index (χ1n) is 10.00. The summed E-state index contributed by atoms with van der Waals surface area (Å²) in [5.74, 6) is 1.64. The standard InChI is InChI=1S/C20H32FN5/c1-2-22-20(24-16-17-8-9-17)23-10-5-11-25-12-14-26(15-13-25)19-7-4-3-6-18(19)21/h3-4,6-7,17H,2,5,8-16H2,1H3,(H2,22,23,24). The van der Waals surface area contributed by atoms with E-state index in [2.05, 4.69) is 32.3 Å². The summed E-state index contributed by atoms with van der Waals surface area (Å²) in [6.45, 7) is 9.71. The summed E-state index contributed by atoms with van der Waals surface area (Å²) in [6, 6.07) is 7.07. The fourth-order valence-corrected chi connectivity index (χ4v) is 3.29. The van der Waals surface area contributed by atoms with Crippen molar-refractivity contribution in [3.8, 4) is 0 Å². The molecule has 5 nitrogen and oxygen atoms in total. The second kappa shape index (κ2) is 9.76. The minimum Gasteiger partial charge on any atom is -0.367 e. The largest absolute Gasteiger partial charge is 0.367 e. The average Bonchev–Trinajstić information content (AvgIpc) is 3.49. The Morgan fingerprint density at radius 2 is 1.92 bits per heavy atom. The number of rotatable bonds is 8. The number of para-hydroxylation sites is 1. The van der Waals surface area contributed by atoms with Crippen molar-refractivity contribution in [2.75, 3.05) is 57.3 Å². The zero-order valence-electron chi connectivity index (χ0n) is 15.9. The molecule has 1 aliphatic heterocycles. The molecular formula is C20H32FN5. The SMILES string of the molecule is CCNC(=NCC1CC1)NCCCN1CCN(c2ccccc2F)CC1. The molecule has 0 unspecified atom stereocenters. The van der Waals surface area contributed by atoms with Crippen molar-refractivity contribution in [3.63, 3.8) is 0 Å². The number of anilines is 1. The van der Waals surface area contributed by atoms with Crippen LogP contribution in [0.3, 0.4) is 0 Å². The molecule has 1 saturated heterocycles. The second-order valence-electron chi connectivity index (χ2n) is 7.22. The molecule has 3 rings (SSSR count). The predicted molar refractivity (Wildman–Crippen MR) is 106 cm³/mol. The van der Waals surface area contributed by atoms with Crippen molar-refractivity contribution >= 4 is 11.6 Å². The van der Waals surface area contributed by atoms with Crippen molar-refractivity contribution in [2.24, 2.45) is 10.9 Å². The van der Waals surface area contributed by atoms with Crippen LogP contribution in [0.2, 0.25) is 0 Å². The Bertz CT molecular complexity index is 579. The van der Waals surface area contributed by atoms with E-state index in [0.29, 0.717) is 0 Å². The van der Waals surface area contributed by atoms with Crippen LogP contribution in [0.1, 0.15) is 26.2 Å². The molecule has 1 heterocycles. The van der Waals surface area contributed by atoms with Gasteiger partial charge < -0.3 is 15.5 Å². The number of nitrogens with one attached hydrogen (secondary N) is 2. The maximum absolute atomic E-state index is 13.9. The van der Waals surface area contributed by atoms with E-state index in [-0.39, 0.29) is 5.82 Å². The van der Waals surface area contributed by atoms with Crippen LogP contribution in [0.5, 0.6) is 0 Å². The Balaban J connectivity index is 1.33. The molecule has 0 spiro atoms. The first-order chi connectivity index (χ1) is 12.8. The quantitative estimate of drug-likeness (QED) is 0.424. The van der Waals surface area contributed by atoms with Gasteiger partial charge in [-0.1, -0.05) is 12.1 Å². The fourth-order valence-electron chi connectivity index (χ4n) is 3.29. The highest BCUT2D eigenvalue weighted by atomic mass is 19.1. The van der Waals surface area contributed by atoms with Gasteiger partial charge in [-0.15, -0.1) is 0 Å². The molecule has 0 aromatic heterocycles. The Morgan fingerprint density at radius 1 is 1.15 bits per heavy atom. The van der Waals surface area contributed by atoms with Gasteiger partial charge in [-0.25, -0.2) is 4.39 Å². The van der Waals surface area contributed by atoms with Gasteiger partial charge in [0.25, 0.3) is 0 Å². The van der Waals surface area contributed by atoms with E-state index in [4.69, 9.17) is 0 Å². The fraction of sp³-hybridized carbons (Fsp3) is 0.650. The highest BCUT2D eigenvalue weighted by Crippen LogP contribution is 2.28. The molecule has 1 saturated carbocycles. The lowest BCUT2D eigenvalue weighted by atomic mass is 10.2. The maximum Gasteiger partial charge on any atom is 0.191 e. The van der Waals surface area contributed by atoms with Crippen LogP contribution in [0, 0.1) is 11.7 Å². The van der Waals surface area contributed by atoms with Crippen molar-refractivity contribution in [1.82, 2.24) is 15.5 Å². The van der Waals surface area contributed by atoms with Gasteiger partial charge in [0, 0.05) is 45.8 Å². The summed E-state index contributed by atoms with van der Waals surface area (Å²) in [4.78, 5) is 9.27. The summed E-state index contributed by atoms with van der Waals surface area (Å²) in [7, 11) is 0. The number of hydrogen-bond acceptors (Lipinski definition) is 3. The molecular weight excluding hydrogens is 329 g/mol. The molecule has 1 aliphatic carbocycles. The summed E-state index contributed by atoms with van der Waals surface area (Å²) in [5.41, 5.74) is 0.732. The van der Waals surface area contributed by atoms with Crippen molar-refractivity contribution < 1.29 is 4.39 Å². The Labute approximate surface area is 156 Å². The van der Waals surface area contributed by atoms with Crippen LogP contribution in [0.15, 0.2) is 29.3 Å². The average molecular weight is 362 g/mol. The molecule has 2 fully saturated rings. The van der Waals surface area contributed by atoms with Gasteiger partial charge in [0.15, 0.2) is 5.96 Å². The van der Waals surface area contributed by atoms with E-state index in [0.717, 1.165) is 76.3 Å². The lowest BCUT2D eigenvalue weighted by Gasteiger charge is -2.36. The van der Waals surface area contributed by atoms with E-state index in [9.17, 15) is 4.39 Å². The number of nitrogens with zero attached hydrogens (tertiary/aromatic N) is 3. The number of aliphatic imine (C=N–C) groups is 1. The molecule has 1 aromatic carbocycles. The summed E-state index contributed by atoms with van der Waals surface area (Å²) in [6.07, 6.45) is 3.76. The molecule has 2 N–H and O–H groups in total. The Hall–Kier alpha value is -1.82.